The van der Waals surface area contributed by atoms with Crippen molar-refractivity contribution < 1.29 is 19.4 Å². The lowest BCUT2D eigenvalue weighted by atomic mass is 10.1. The number of benzene rings is 1. The molecule has 1 rings (SSSR count). The summed E-state index contributed by atoms with van der Waals surface area (Å²) in [5.41, 5.74) is 6.33. The summed E-state index contributed by atoms with van der Waals surface area (Å²) in [4.78, 5) is 22.1. The number of ether oxygens (including phenoxy) is 1. The maximum atomic E-state index is 11.3. The Hall–Kier alpha value is -2.14. The van der Waals surface area contributed by atoms with Gasteiger partial charge in [-0.15, -0.1) is 0 Å². The molecule has 0 heterocycles. The number of rotatable bonds is 4. The molecule has 0 fully saturated rings. The van der Waals surface area contributed by atoms with Gasteiger partial charge < -0.3 is 15.6 Å². The minimum Gasteiger partial charge on any atom is -0.508 e. The van der Waals surface area contributed by atoms with Crippen molar-refractivity contribution in [3.05, 3.63) is 42.5 Å². The van der Waals surface area contributed by atoms with Crippen molar-refractivity contribution >= 4 is 11.9 Å². The highest BCUT2D eigenvalue weighted by Gasteiger charge is 2.17. The van der Waals surface area contributed by atoms with E-state index in [4.69, 9.17) is 10.8 Å². The molecule has 3 N–H and O–H groups in total. The summed E-state index contributed by atoms with van der Waals surface area (Å²) < 4.78 is 4.39. The number of phenols is 1. The molecule has 0 unspecified atom stereocenters. The highest BCUT2D eigenvalue weighted by atomic mass is 16.6. The molecule has 0 aromatic heterocycles. The van der Waals surface area contributed by atoms with Crippen LogP contribution in [0.4, 0.5) is 0 Å². The maximum absolute atomic E-state index is 11.3. The lowest BCUT2D eigenvalue weighted by Crippen LogP contribution is -2.35. The van der Waals surface area contributed by atoms with Crippen LogP contribution in [0.3, 0.4) is 0 Å². The van der Waals surface area contributed by atoms with Crippen molar-refractivity contribution in [2.75, 3.05) is 0 Å². The number of phenolic OH excluding ortho intramolecular Hbond substituents is 1. The molecule has 0 bridgehead atoms. The van der Waals surface area contributed by atoms with Crippen molar-refractivity contribution in [2.45, 2.75) is 12.5 Å². The Kier molecular flexibility index (Phi) is 4.42. The third kappa shape index (κ3) is 4.08. The van der Waals surface area contributed by atoms with E-state index in [1.54, 1.807) is 12.1 Å². The molecular formula is C12H13NO4. The molecule has 0 saturated heterocycles. The molecule has 1 aromatic rings. The van der Waals surface area contributed by atoms with E-state index in [0.29, 0.717) is 0 Å². The predicted molar refractivity (Wildman–Crippen MR) is 61.1 cm³/mol. The highest BCUT2D eigenvalue weighted by Crippen LogP contribution is 2.11. The molecule has 1 atom stereocenters. The molecule has 90 valence electrons. The number of carbonyl (C=O) groups is 2. The third-order valence-corrected chi connectivity index (χ3v) is 2.06. The summed E-state index contributed by atoms with van der Waals surface area (Å²) >= 11 is 0. The van der Waals surface area contributed by atoms with Gasteiger partial charge in [-0.3, -0.25) is 0 Å². The Balaban J connectivity index is 2.56. The molecule has 5 nitrogen and oxygen atoms in total. The summed E-state index contributed by atoms with van der Waals surface area (Å²) in [6, 6.07) is 5.32. The SMILES string of the molecule is C=CC(=O)OC(=O)[C@@H](N)Cc1ccc(O)cc1. The van der Waals surface area contributed by atoms with E-state index in [0.717, 1.165) is 11.6 Å². The Morgan fingerprint density at radius 2 is 2.00 bits per heavy atom. The number of carbonyl (C=O) groups excluding carboxylic acids is 2. The number of aromatic hydroxyl groups is 1. The largest absolute Gasteiger partial charge is 0.508 e. The van der Waals surface area contributed by atoms with E-state index in [1.165, 1.54) is 12.1 Å². The minimum absolute atomic E-state index is 0.131. The van der Waals surface area contributed by atoms with Gasteiger partial charge in [0.1, 0.15) is 11.8 Å². The zero-order valence-electron chi connectivity index (χ0n) is 9.13. The highest BCUT2D eigenvalue weighted by molar-refractivity contribution is 5.93. The van der Waals surface area contributed by atoms with Gasteiger partial charge in [0.2, 0.25) is 0 Å². The van der Waals surface area contributed by atoms with Crippen LogP contribution >= 0.6 is 0 Å². The zero-order valence-corrected chi connectivity index (χ0v) is 9.13. The van der Waals surface area contributed by atoms with Crippen molar-refractivity contribution in [1.82, 2.24) is 0 Å². The number of nitrogens with two attached hydrogens (primary N) is 1. The summed E-state index contributed by atoms with van der Waals surface area (Å²) in [5, 5.41) is 9.07. The van der Waals surface area contributed by atoms with Crippen LogP contribution < -0.4 is 5.73 Å². The second-order valence-corrected chi connectivity index (χ2v) is 3.42. The van der Waals surface area contributed by atoms with Crippen LogP contribution in [-0.2, 0) is 20.7 Å². The van der Waals surface area contributed by atoms with E-state index >= 15 is 0 Å². The van der Waals surface area contributed by atoms with Gasteiger partial charge in [-0.2, -0.15) is 0 Å². The van der Waals surface area contributed by atoms with Gasteiger partial charge in [-0.25, -0.2) is 9.59 Å². The van der Waals surface area contributed by atoms with E-state index in [1.807, 2.05) is 0 Å². The molecule has 0 amide bonds. The molecule has 17 heavy (non-hydrogen) atoms. The molecule has 1 aromatic carbocycles. The van der Waals surface area contributed by atoms with Gasteiger partial charge in [0.25, 0.3) is 0 Å². The zero-order chi connectivity index (χ0) is 12.8. The fourth-order valence-corrected chi connectivity index (χ4v) is 1.19. The predicted octanol–water partition coefficient (Wildman–Crippen LogP) is 0.518. The fourth-order valence-electron chi connectivity index (χ4n) is 1.19. The fraction of sp³-hybridized carbons (Fsp3) is 0.167. The molecule has 0 aliphatic rings. The van der Waals surface area contributed by atoms with Crippen LogP contribution in [0.2, 0.25) is 0 Å². The molecule has 0 saturated carbocycles. The van der Waals surface area contributed by atoms with Crippen molar-refractivity contribution in [2.24, 2.45) is 5.73 Å². The average Bonchev–Trinajstić information content (AvgIpc) is 2.31. The Bertz CT molecular complexity index is 425. The monoisotopic (exact) mass is 235 g/mol. The lowest BCUT2D eigenvalue weighted by molar-refractivity contribution is -0.157. The van der Waals surface area contributed by atoms with Gasteiger partial charge in [0.05, 0.1) is 0 Å². The van der Waals surface area contributed by atoms with Gasteiger partial charge in [0.15, 0.2) is 0 Å². The van der Waals surface area contributed by atoms with Crippen LogP contribution in [-0.4, -0.2) is 23.1 Å². The lowest BCUT2D eigenvalue weighted by Gasteiger charge is -2.09. The van der Waals surface area contributed by atoms with Crippen molar-refractivity contribution in [3.8, 4) is 5.75 Å². The first kappa shape index (κ1) is 12.9. The summed E-state index contributed by atoms with van der Waals surface area (Å²) in [7, 11) is 0. The summed E-state index contributed by atoms with van der Waals surface area (Å²) in [6.45, 7) is 3.17. The van der Waals surface area contributed by atoms with Gasteiger partial charge in [-0.05, 0) is 24.1 Å². The smallest absolute Gasteiger partial charge is 0.337 e. The van der Waals surface area contributed by atoms with E-state index in [-0.39, 0.29) is 12.2 Å². The number of hydrogen-bond donors (Lipinski definition) is 2. The topological polar surface area (TPSA) is 89.6 Å². The minimum atomic E-state index is -0.927. The van der Waals surface area contributed by atoms with Crippen molar-refractivity contribution in [3.63, 3.8) is 0 Å². The summed E-state index contributed by atoms with van der Waals surface area (Å²) in [5.74, 6) is -1.49. The van der Waals surface area contributed by atoms with Gasteiger partial charge in [-0.1, -0.05) is 18.7 Å². The normalized spacial score (nSPS) is 11.6. The Morgan fingerprint density at radius 1 is 1.41 bits per heavy atom. The van der Waals surface area contributed by atoms with Crippen LogP contribution in [0, 0.1) is 0 Å². The van der Waals surface area contributed by atoms with Crippen LogP contribution in [0.1, 0.15) is 5.56 Å². The van der Waals surface area contributed by atoms with Crippen LogP contribution in [0.15, 0.2) is 36.9 Å². The Labute approximate surface area is 98.5 Å². The maximum Gasteiger partial charge on any atom is 0.337 e. The van der Waals surface area contributed by atoms with E-state index < -0.39 is 18.0 Å². The Morgan fingerprint density at radius 3 is 2.53 bits per heavy atom. The van der Waals surface area contributed by atoms with Crippen LogP contribution in [0.5, 0.6) is 5.75 Å². The second-order valence-electron chi connectivity index (χ2n) is 3.42. The first-order valence-electron chi connectivity index (χ1n) is 4.94. The number of hydrogen-bond acceptors (Lipinski definition) is 5. The summed E-state index contributed by atoms with van der Waals surface area (Å²) in [6.07, 6.45) is 1.12. The van der Waals surface area contributed by atoms with Gasteiger partial charge in [0, 0.05) is 6.08 Å². The molecule has 0 aliphatic carbocycles. The van der Waals surface area contributed by atoms with Gasteiger partial charge >= 0.3 is 11.9 Å². The molecule has 0 spiro atoms. The van der Waals surface area contributed by atoms with E-state index in [2.05, 4.69) is 11.3 Å². The molecule has 0 radical (unpaired) electrons. The van der Waals surface area contributed by atoms with Crippen LogP contribution in [0.25, 0.3) is 0 Å². The standard InChI is InChI=1S/C12H13NO4/c1-2-11(15)17-12(16)10(13)7-8-3-5-9(14)6-4-8/h2-6,10,14H,1,7,13H2/t10-/m0/s1. The molecular weight excluding hydrogens is 222 g/mol. The van der Waals surface area contributed by atoms with Crippen molar-refractivity contribution in [1.29, 1.82) is 0 Å². The average molecular weight is 235 g/mol. The molecule has 0 aliphatic heterocycles. The van der Waals surface area contributed by atoms with E-state index in [9.17, 15) is 9.59 Å². The third-order valence-electron chi connectivity index (χ3n) is 2.06. The first-order chi connectivity index (χ1) is 8.02. The second kappa shape index (κ2) is 5.81. The quantitative estimate of drug-likeness (QED) is 0.451. The molecule has 5 heteroatoms. The first-order valence-corrected chi connectivity index (χ1v) is 4.94. The number of esters is 2.